The number of esters is 2. The second kappa shape index (κ2) is 10.2. The minimum atomic E-state index is -0.691. The average Bonchev–Trinajstić information content (AvgIpc) is 3.41. The molecule has 0 saturated heterocycles. The highest BCUT2D eigenvalue weighted by molar-refractivity contribution is 7.15. The van der Waals surface area contributed by atoms with Gasteiger partial charge in [0.25, 0.3) is 5.91 Å². The highest BCUT2D eigenvalue weighted by Gasteiger charge is 2.23. The number of nitrogens with one attached hydrogen (secondary N) is 1. The van der Waals surface area contributed by atoms with E-state index >= 15 is 0 Å². The highest BCUT2D eigenvalue weighted by Crippen LogP contribution is 2.36. The summed E-state index contributed by atoms with van der Waals surface area (Å²) >= 11 is 1.20. The van der Waals surface area contributed by atoms with Gasteiger partial charge in [-0.3, -0.25) is 4.79 Å². The minimum absolute atomic E-state index is 0.204. The molecule has 7 nitrogen and oxygen atoms in total. The Hall–Kier alpha value is -3.65. The maximum absolute atomic E-state index is 12.5. The molecule has 0 atom stereocenters. The maximum atomic E-state index is 12.5. The lowest BCUT2D eigenvalue weighted by molar-refractivity contribution is -0.142. The molecular formula is C22H19NO6S. The standard InChI is InChI=1S/C22H19NO6S/c1-2-27-22(26)20-17(15-7-4-3-5-8-15)14-30-21(20)23-18(24)13-29-19(25)11-10-16-9-6-12-28-16/h3-12,14H,2,13H2,1H3,(H,23,24)/b11-10+. The smallest absolute Gasteiger partial charge is 0.341 e. The minimum Gasteiger partial charge on any atom is -0.465 e. The van der Waals surface area contributed by atoms with Crippen molar-refractivity contribution in [2.24, 2.45) is 0 Å². The number of carbonyl (C=O) groups is 3. The summed E-state index contributed by atoms with van der Waals surface area (Å²) in [6.07, 6.45) is 4.07. The Bertz CT molecular complexity index is 1040. The average molecular weight is 425 g/mol. The largest absolute Gasteiger partial charge is 0.465 e. The summed E-state index contributed by atoms with van der Waals surface area (Å²) in [5.74, 6) is -1.31. The summed E-state index contributed by atoms with van der Waals surface area (Å²) < 4.78 is 15.1. The van der Waals surface area contributed by atoms with Crippen LogP contribution in [0, 0.1) is 0 Å². The second-order valence-electron chi connectivity index (χ2n) is 5.94. The maximum Gasteiger partial charge on any atom is 0.341 e. The predicted octanol–water partition coefficient (Wildman–Crippen LogP) is 4.38. The van der Waals surface area contributed by atoms with Crippen LogP contribution in [0.1, 0.15) is 23.0 Å². The lowest BCUT2D eigenvalue weighted by Crippen LogP contribution is -2.21. The van der Waals surface area contributed by atoms with Crippen molar-refractivity contribution in [2.45, 2.75) is 6.92 Å². The molecule has 1 amide bonds. The Morgan fingerprint density at radius 1 is 1.10 bits per heavy atom. The zero-order valence-electron chi connectivity index (χ0n) is 16.1. The third-order valence-corrected chi connectivity index (χ3v) is 4.78. The molecule has 154 valence electrons. The third kappa shape index (κ3) is 5.45. The van der Waals surface area contributed by atoms with Gasteiger partial charge in [0.2, 0.25) is 0 Å². The molecule has 0 radical (unpaired) electrons. The Labute approximate surface area is 176 Å². The number of anilines is 1. The zero-order chi connectivity index (χ0) is 21.3. The summed E-state index contributed by atoms with van der Waals surface area (Å²) in [5.41, 5.74) is 1.75. The Kier molecular flexibility index (Phi) is 7.18. The van der Waals surface area contributed by atoms with E-state index in [1.165, 1.54) is 23.7 Å². The molecule has 1 N–H and O–H groups in total. The van der Waals surface area contributed by atoms with E-state index in [4.69, 9.17) is 13.9 Å². The van der Waals surface area contributed by atoms with Crippen molar-refractivity contribution < 1.29 is 28.3 Å². The van der Waals surface area contributed by atoms with Crippen LogP contribution in [0.2, 0.25) is 0 Å². The van der Waals surface area contributed by atoms with Crippen molar-refractivity contribution in [3.63, 3.8) is 0 Å². The monoisotopic (exact) mass is 425 g/mol. The van der Waals surface area contributed by atoms with E-state index in [1.807, 2.05) is 30.3 Å². The van der Waals surface area contributed by atoms with Gasteiger partial charge in [0.1, 0.15) is 16.3 Å². The molecule has 1 aromatic carbocycles. The summed E-state index contributed by atoms with van der Waals surface area (Å²) in [4.78, 5) is 36.5. The fraction of sp³-hybridized carbons (Fsp3) is 0.136. The molecule has 2 heterocycles. The predicted molar refractivity (Wildman–Crippen MR) is 113 cm³/mol. The molecule has 0 spiro atoms. The fourth-order valence-electron chi connectivity index (χ4n) is 2.57. The number of ether oxygens (including phenoxy) is 2. The van der Waals surface area contributed by atoms with E-state index in [9.17, 15) is 14.4 Å². The first-order chi connectivity index (χ1) is 14.6. The van der Waals surface area contributed by atoms with E-state index < -0.39 is 24.5 Å². The van der Waals surface area contributed by atoms with Gasteiger partial charge in [0.05, 0.1) is 12.9 Å². The SMILES string of the molecule is CCOC(=O)c1c(-c2ccccc2)csc1NC(=O)COC(=O)/C=C/c1ccco1. The fourth-order valence-corrected chi connectivity index (χ4v) is 3.54. The van der Waals surface area contributed by atoms with Crippen molar-refractivity contribution in [3.05, 3.63) is 71.5 Å². The number of furan rings is 1. The zero-order valence-corrected chi connectivity index (χ0v) is 16.9. The van der Waals surface area contributed by atoms with Gasteiger partial charge in [-0.05, 0) is 30.7 Å². The molecule has 0 unspecified atom stereocenters. The van der Waals surface area contributed by atoms with Crippen LogP contribution < -0.4 is 5.32 Å². The van der Waals surface area contributed by atoms with Gasteiger partial charge in [0.15, 0.2) is 6.61 Å². The molecule has 0 aliphatic heterocycles. The molecule has 2 aromatic heterocycles. The van der Waals surface area contributed by atoms with E-state index in [0.717, 1.165) is 11.6 Å². The quantitative estimate of drug-likeness (QED) is 0.425. The molecule has 0 saturated carbocycles. The van der Waals surface area contributed by atoms with Crippen LogP contribution in [-0.4, -0.2) is 31.1 Å². The van der Waals surface area contributed by atoms with Crippen LogP contribution in [0.15, 0.2) is 64.6 Å². The lowest BCUT2D eigenvalue weighted by Gasteiger charge is -2.09. The summed E-state index contributed by atoms with van der Waals surface area (Å²) in [7, 11) is 0. The van der Waals surface area contributed by atoms with Crippen molar-refractivity contribution in [3.8, 4) is 11.1 Å². The molecule has 3 rings (SSSR count). The van der Waals surface area contributed by atoms with Crippen molar-refractivity contribution in [1.29, 1.82) is 0 Å². The first-order valence-corrected chi connectivity index (χ1v) is 9.98. The molecule has 0 fully saturated rings. The van der Waals surface area contributed by atoms with Crippen LogP contribution in [0.3, 0.4) is 0 Å². The molecular weight excluding hydrogens is 406 g/mol. The number of hydrogen-bond acceptors (Lipinski definition) is 7. The molecule has 0 aliphatic rings. The molecule has 30 heavy (non-hydrogen) atoms. The van der Waals surface area contributed by atoms with Gasteiger partial charge in [-0.1, -0.05) is 30.3 Å². The second-order valence-corrected chi connectivity index (χ2v) is 6.82. The van der Waals surface area contributed by atoms with Crippen molar-refractivity contribution in [2.75, 3.05) is 18.5 Å². The van der Waals surface area contributed by atoms with Gasteiger partial charge in [-0.2, -0.15) is 0 Å². The van der Waals surface area contributed by atoms with Gasteiger partial charge in [-0.25, -0.2) is 9.59 Å². The topological polar surface area (TPSA) is 94.8 Å². The summed E-state index contributed by atoms with van der Waals surface area (Å²) in [6, 6.07) is 12.7. The molecule has 8 heteroatoms. The first kappa shape index (κ1) is 21.1. The summed E-state index contributed by atoms with van der Waals surface area (Å²) in [5, 5.41) is 4.73. The number of thiophene rings is 1. The van der Waals surface area contributed by atoms with Crippen molar-refractivity contribution in [1.82, 2.24) is 0 Å². The number of carbonyl (C=O) groups excluding carboxylic acids is 3. The van der Waals surface area contributed by atoms with Gasteiger partial charge >= 0.3 is 11.9 Å². The van der Waals surface area contributed by atoms with Crippen LogP contribution in [0.5, 0.6) is 0 Å². The van der Waals surface area contributed by atoms with Crippen molar-refractivity contribution >= 4 is 40.3 Å². The van der Waals surface area contributed by atoms with Gasteiger partial charge in [-0.15, -0.1) is 11.3 Å². The first-order valence-electron chi connectivity index (χ1n) is 9.10. The number of hydrogen-bond donors (Lipinski definition) is 1. The van der Waals surface area contributed by atoms with E-state index in [2.05, 4.69) is 5.32 Å². The van der Waals surface area contributed by atoms with Crippen LogP contribution in [0.25, 0.3) is 17.2 Å². The van der Waals surface area contributed by atoms with Crippen LogP contribution in [0.4, 0.5) is 5.00 Å². The third-order valence-electron chi connectivity index (χ3n) is 3.88. The number of benzene rings is 1. The molecule has 0 bridgehead atoms. The normalized spacial score (nSPS) is 10.7. The Morgan fingerprint density at radius 2 is 1.90 bits per heavy atom. The van der Waals surface area contributed by atoms with Gasteiger partial charge in [0, 0.05) is 17.0 Å². The van der Waals surface area contributed by atoms with E-state index in [1.54, 1.807) is 24.4 Å². The molecule has 3 aromatic rings. The number of rotatable bonds is 8. The van der Waals surface area contributed by atoms with Crippen LogP contribution in [-0.2, 0) is 19.1 Å². The lowest BCUT2D eigenvalue weighted by atomic mass is 10.0. The summed E-state index contributed by atoms with van der Waals surface area (Å²) in [6.45, 7) is 1.42. The highest BCUT2D eigenvalue weighted by atomic mass is 32.1. The Morgan fingerprint density at radius 3 is 2.60 bits per heavy atom. The molecule has 0 aliphatic carbocycles. The number of amides is 1. The van der Waals surface area contributed by atoms with E-state index in [0.29, 0.717) is 16.3 Å². The van der Waals surface area contributed by atoms with Gasteiger partial charge < -0.3 is 19.2 Å². The Balaban J connectivity index is 1.68. The van der Waals surface area contributed by atoms with Crippen LogP contribution >= 0.6 is 11.3 Å². The van der Waals surface area contributed by atoms with E-state index in [-0.39, 0.29) is 12.2 Å².